The fourth-order valence-corrected chi connectivity index (χ4v) is 3.51. The molecule has 0 aromatic heterocycles. The summed E-state index contributed by atoms with van der Waals surface area (Å²) in [5.74, 6) is 0.410. The van der Waals surface area contributed by atoms with E-state index in [0.717, 1.165) is 25.2 Å². The largest absolute Gasteiger partial charge is 0.449 e. The minimum absolute atomic E-state index is 0.199. The minimum Gasteiger partial charge on any atom is -0.449 e. The van der Waals surface area contributed by atoms with Crippen LogP contribution in [0.2, 0.25) is 0 Å². The van der Waals surface area contributed by atoms with Crippen LogP contribution in [0.5, 0.6) is 0 Å². The summed E-state index contributed by atoms with van der Waals surface area (Å²) in [5, 5.41) is 0. The molecule has 2 aliphatic heterocycles. The Labute approximate surface area is 120 Å². The van der Waals surface area contributed by atoms with Crippen LogP contribution < -0.4 is 4.90 Å². The normalized spacial score (nSPS) is 25.2. The monoisotopic (exact) mass is 274 g/mol. The van der Waals surface area contributed by atoms with Crippen LogP contribution in [-0.4, -0.2) is 43.8 Å². The standard InChI is InChI=1S/C16H22N2O2/c1-4-20-16(19)18-14-6-5-11(2)9-12(14)13-10-17(3)8-7-15(13)18/h5-6,9,13,15H,4,7-8,10H2,1-3H3. The van der Waals surface area contributed by atoms with Gasteiger partial charge in [-0.2, -0.15) is 0 Å². The van der Waals surface area contributed by atoms with Crippen LogP contribution in [0.4, 0.5) is 10.5 Å². The number of carbonyl (C=O) groups is 1. The number of piperidine rings is 1. The molecule has 0 bridgehead atoms. The molecule has 4 nitrogen and oxygen atoms in total. The van der Waals surface area contributed by atoms with Crippen molar-refractivity contribution in [3.8, 4) is 0 Å². The molecular weight excluding hydrogens is 252 g/mol. The van der Waals surface area contributed by atoms with Crippen molar-refractivity contribution in [3.63, 3.8) is 0 Å². The lowest BCUT2D eigenvalue weighted by Gasteiger charge is -2.35. The second-order valence-corrected chi connectivity index (χ2v) is 5.86. The molecule has 2 heterocycles. The number of fused-ring (bicyclic) bond motifs is 3. The highest BCUT2D eigenvalue weighted by molar-refractivity contribution is 5.92. The summed E-state index contributed by atoms with van der Waals surface area (Å²) in [5.41, 5.74) is 3.59. The Bertz CT molecular complexity index is 529. The zero-order valence-corrected chi connectivity index (χ0v) is 12.4. The van der Waals surface area contributed by atoms with Gasteiger partial charge in [0.25, 0.3) is 0 Å². The predicted molar refractivity (Wildman–Crippen MR) is 79.3 cm³/mol. The molecule has 1 amide bonds. The molecule has 1 aromatic rings. The van der Waals surface area contributed by atoms with Crippen molar-refractivity contribution in [1.29, 1.82) is 0 Å². The first-order chi connectivity index (χ1) is 9.61. The Morgan fingerprint density at radius 1 is 1.45 bits per heavy atom. The van der Waals surface area contributed by atoms with E-state index >= 15 is 0 Å². The van der Waals surface area contributed by atoms with Gasteiger partial charge < -0.3 is 9.64 Å². The third-order valence-corrected chi connectivity index (χ3v) is 4.42. The number of aryl methyl sites for hydroxylation is 1. The summed E-state index contributed by atoms with van der Waals surface area (Å²) in [6.07, 6.45) is 0.808. The van der Waals surface area contributed by atoms with Gasteiger partial charge in [-0.15, -0.1) is 0 Å². The fourth-order valence-electron chi connectivity index (χ4n) is 3.51. The molecule has 20 heavy (non-hydrogen) atoms. The number of hydrogen-bond donors (Lipinski definition) is 0. The summed E-state index contributed by atoms with van der Waals surface area (Å²) >= 11 is 0. The van der Waals surface area contributed by atoms with Gasteiger partial charge in [0.1, 0.15) is 0 Å². The van der Waals surface area contributed by atoms with Gasteiger partial charge in [-0.3, -0.25) is 4.90 Å². The van der Waals surface area contributed by atoms with Gasteiger partial charge in [-0.05, 0) is 45.5 Å². The number of anilines is 1. The fraction of sp³-hybridized carbons (Fsp3) is 0.562. The number of carbonyl (C=O) groups excluding carboxylic acids is 1. The molecule has 0 saturated carbocycles. The molecule has 3 rings (SSSR count). The molecule has 2 atom stereocenters. The van der Waals surface area contributed by atoms with E-state index in [-0.39, 0.29) is 12.1 Å². The van der Waals surface area contributed by atoms with Gasteiger partial charge in [0.05, 0.1) is 12.3 Å². The molecule has 0 radical (unpaired) electrons. The number of amides is 1. The van der Waals surface area contributed by atoms with Gasteiger partial charge in [-0.25, -0.2) is 4.79 Å². The second-order valence-electron chi connectivity index (χ2n) is 5.86. The van der Waals surface area contributed by atoms with E-state index in [1.54, 1.807) is 0 Å². The zero-order valence-electron chi connectivity index (χ0n) is 12.4. The quantitative estimate of drug-likeness (QED) is 0.789. The van der Waals surface area contributed by atoms with Crippen LogP contribution >= 0.6 is 0 Å². The lowest BCUT2D eigenvalue weighted by molar-refractivity contribution is 0.151. The van der Waals surface area contributed by atoms with Gasteiger partial charge >= 0.3 is 6.09 Å². The Morgan fingerprint density at radius 3 is 3.00 bits per heavy atom. The Hall–Kier alpha value is -1.55. The van der Waals surface area contributed by atoms with Crippen LogP contribution in [0.15, 0.2) is 18.2 Å². The zero-order chi connectivity index (χ0) is 14.3. The molecule has 1 saturated heterocycles. The molecular formula is C16H22N2O2. The van der Waals surface area contributed by atoms with Crippen molar-refractivity contribution in [3.05, 3.63) is 29.3 Å². The van der Waals surface area contributed by atoms with E-state index in [9.17, 15) is 4.79 Å². The summed E-state index contributed by atoms with van der Waals surface area (Å²) < 4.78 is 5.26. The SMILES string of the molecule is CCOC(=O)N1c2ccc(C)cc2C2CN(C)CCC21. The van der Waals surface area contributed by atoms with E-state index in [1.807, 2.05) is 11.8 Å². The summed E-state index contributed by atoms with van der Waals surface area (Å²) in [6.45, 7) is 6.43. The molecule has 0 N–H and O–H groups in total. The van der Waals surface area contributed by atoms with E-state index in [1.165, 1.54) is 11.1 Å². The summed E-state index contributed by atoms with van der Waals surface area (Å²) in [7, 11) is 2.15. The molecule has 2 aliphatic rings. The van der Waals surface area contributed by atoms with Gasteiger partial charge in [0.2, 0.25) is 0 Å². The molecule has 108 valence electrons. The molecule has 4 heteroatoms. The van der Waals surface area contributed by atoms with Crippen LogP contribution in [0.25, 0.3) is 0 Å². The van der Waals surface area contributed by atoms with Crippen LogP contribution in [0, 0.1) is 6.92 Å². The number of hydrogen-bond acceptors (Lipinski definition) is 3. The number of likely N-dealkylation sites (tertiary alicyclic amines) is 1. The van der Waals surface area contributed by atoms with Crippen molar-refractivity contribution >= 4 is 11.8 Å². The Kier molecular flexibility index (Phi) is 3.42. The van der Waals surface area contributed by atoms with Crippen molar-refractivity contribution in [2.75, 3.05) is 31.6 Å². The van der Waals surface area contributed by atoms with E-state index in [2.05, 4.69) is 37.1 Å². The summed E-state index contributed by atoms with van der Waals surface area (Å²) in [6, 6.07) is 6.62. The van der Waals surface area contributed by atoms with Crippen molar-refractivity contribution in [2.24, 2.45) is 0 Å². The number of benzene rings is 1. The van der Waals surface area contributed by atoms with Crippen LogP contribution in [0.1, 0.15) is 30.4 Å². The number of likely N-dealkylation sites (N-methyl/N-ethyl adjacent to an activating group) is 1. The Morgan fingerprint density at radius 2 is 2.25 bits per heavy atom. The topological polar surface area (TPSA) is 32.8 Å². The first kappa shape index (κ1) is 13.4. The van der Waals surface area contributed by atoms with E-state index in [0.29, 0.717) is 12.5 Å². The lowest BCUT2D eigenvalue weighted by atomic mass is 9.89. The highest BCUT2D eigenvalue weighted by atomic mass is 16.6. The average Bonchev–Trinajstić information content (AvgIpc) is 2.72. The predicted octanol–water partition coefficient (Wildman–Crippen LogP) is 2.76. The van der Waals surface area contributed by atoms with Gasteiger partial charge in [-0.1, -0.05) is 17.7 Å². The number of rotatable bonds is 1. The molecule has 1 fully saturated rings. The van der Waals surface area contributed by atoms with E-state index in [4.69, 9.17) is 4.74 Å². The van der Waals surface area contributed by atoms with Gasteiger partial charge in [0, 0.05) is 18.5 Å². The smallest absolute Gasteiger partial charge is 0.414 e. The maximum Gasteiger partial charge on any atom is 0.414 e. The Balaban J connectivity index is 2.01. The maximum atomic E-state index is 12.3. The van der Waals surface area contributed by atoms with Crippen LogP contribution in [-0.2, 0) is 4.74 Å². The number of nitrogens with zero attached hydrogens (tertiary/aromatic N) is 2. The maximum absolute atomic E-state index is 12.3. The van der Waals surface area contributed by atoms with Crippen molar-refractivity contribution in [1.82, 2.24) is 4.90 Å². The van der Waals surface area contributed by atoms with Crippen molar-refractivity contribution < 1.29 is 9.53 Å². The third-order valence-electron chi connectivity index (χ3n) is 4.42. The molecule has 0 aliphatic carbocycles. The van der Waals surface area contributed by atoms with E-state index < -0.39 is 0 Å². The minimum atomic E-state index is -0.199. The first-order valence-corrected chi connectivity index (χ1v) is 7.37. The summed E-state index contributed by atoms with van der Waals surface area (Å²) in [4.78, 5) is 16.6. The van der Waals surface area contributed by atoms with Crippen molar-refractivity contribution in [2.45, 2.75) is 32.2 Å². The number of ether oxygens (including phenoxy) is 1. The van der Waals surface area contributed by atoms with Gasteiger partial charge in [0.15, 0.2) is 0 Å². The lowest BCUT2D eigenvalue weighted by Crippen LogP contribution is -2.47. The highest BCUT2D eigenvalue weighted by Gasteiger charge is 2.44. The first-order valence-electron chi connectivity index (χ1n) is 7.37. The average molecular weight is 274 g/mol. The second kappa shape index (κ2) is 5.09. The molecule has 2 unspecified atom stereocenters. The molecule has 1 aromatic carbocycles. The highest BCUT2D eigenvalue weighted by Crippen LogP contribution is 2.45. The molecule has 0 spiro atoms. The van der Waals surface area contributed by atoms with Crippen LogP contribution in [0.3, 0.4) is 0 Å². The third kappa shape index (κ3) is 2.08.